The standard InChI is InChI=1S/C23H38N3O2S.ClH/c1-4-5-6-7-8-9-10-11-12-16-19-25-20-23(22-17-14-13-15-18-22)26(21-25)29(27,28)24(2)3;/h13-15,17-18,20-21H,4-12,16,19H2,1-3H3;1H/q+1;/p-1. The van der Waals surface area contributed by atoms with E-state index >= 15 is 0 Å². The van der Waals surface area contributed by atoms with Gasteiger partial charge in [0.2, 0.25) is 0 Å². The van der Waals surface area contributed by atoms with Gasteiger partial charge in [-0.15, -0.1) is 3.97 Å². The molecule has 0 atom stereocenters. The first-order chi connectivity index (χ1) is 14.0. The van der Waals surface area contributed by atoms with Crippen LogP contribution in [0.3, 0.4) is 0 Å². The zero-order chi connectivity index (χ0) is 21.1. The van der Waals surface area contributed by atoms with E-state index in [1.807, 2.05) is 41.1 Å². The number of hydrogen-bond acceptors (Lipinski definition) is 2. The van der Waals surface area contributed by atoms with Crippen molar-refractivity contribution in [3.63, 3.8) is 0 Å². The van der Waals surface area contributed by atoms with E-state index in [9.17, 15) is 8.42 Å². The van der Waals surface area contributed by atoms with Crippen LogP contribution in [0.5, 0.6) is 0 Å². The van der Waals surface area contributed by atoms with E-state index in [-0.39, 0.29) is 12.4 Å². The molecule has 0 aliphatic rings. The molecule has 0 spiro atoms. The molecule has 2 aromatic rings. The second kappa shape index (κ2) is 13.8. The van der Waals surface area contributed by atoms with E-state index in [4.69, 9.17) is 0 Å². The van der Waals surface area contributed by atoms with Gasteiger partial charge in [0.15, 0.2) is 5.69 Å². The minimum Gasteiger partial charge on any atom is -1.00 e. The zero-order valence-corrected chi connectivity index (χ0v) is 20.3. The first kappa shape index (κ1) is 26.7. The summed E-state index contributed by atoms with van der Waals surface area (Å²) in [5.74, 6) is 0. The van der Waals surface area contributed by atoms with Crippen molar-refractivity contribution >= 4 is 10.2 Å². The number of hydrogen-bond donors (Lipinski definition) is 0. The molecule has 30 heavy (non-hydrogen) atoms. The topological polar surface area (TPSA) is 46.2 Å². The van der Waals surface area contributed by atoms with Crippen LogP contribution < -0.4 is 17.0 Å². The number of imidazole rings is 1. The van der Waals surface area contributed by atoms with Gasteiger partial charge >= 0.3 is 10.2 Å². The number of aryl methyl sites for hydroxylation is 1. The molecule has 1 heterocycles. The summed E-state index contributed by atoms with van der Waals surface area (Å²) in [5.41, 5.74) is 1.60. The van der Waals surface area contributed by atoms with Gasteiger partial charge in [-0.25, -0.2) is 4.57 Å². The fraction of sp³-hybridized carbons (Fsp3) is 0.609. The Morgan fingerprint density at radius 3 is 1.93 bits per heavy atom. The van der Waals surface area contributed by atoms with Crippen molar-refractivity contribution in [1.82, 2.24) is 8.28 Å². The highest BCUT2D eigenvalue weighted by molar-refractivity contribution is 7.87. The lowest BCUT2D eigenvalue weighted by Gasteiger charge is -2.08. The number of rotatable bonds is 14. The lowest BCUT2D eigenvalue weighted by Crippen LogP contribution is -3.00. The first-order valence-electron chi connectivity index (χ1n) is 11.1. The average Bonchev–Trinajstić information content (AvgIpc) is 3.15. The van der Waals surface area contributed by atoms with Crippen LogP contribution in [-0.2, 0) is 16.8 Å². The van der Waals surface area contributed by atoms with Crippen LogP contribution in [0, 0.1) is 0 Å². The lowest BCUT2D eigenvalue weighted by molar-refractivity contribution is -0.696. The molecule has 0 aliphatic carbocycles. The molecular formula is C23H38ClN3O2S. The van der Waals surface area contributed by atoms with E-state index in [0.717, 1.165) is 18.5 Å². The van der Waals surface area contributed by atoms with Crippen molar-refractivity contribution in [2.75, 3.05) is 14.1 Å². The quantitative estimate of drug-likeness (QED) is 0.323. The third-order valence-electron chi connectivity index (χ3n) is 5.33. The van der Waals surface area contributed by atoms with Crippen molar-refractivity contribution < 1.29 is 25.4 Å². The number of unbranched alkanes of at least 4 members (excludes halogenated alkanes) is 9. The number of nitrogens with zero attached hydrogens (tertiary/aromatic N) is 3. The summed E-state index contributed by atoms with van der Waals surface area (Å²) in [5, 5.41) is 0. The van der Waals surface area contributed by atoms with Crippen LogP contribution in [0.2, 0.25) is 0 Å². The molecule has 170 valence electrons. The van der Waals surface area contributed by atoms with Crippen LogP contribution in [0.1, 0.15) is 71.1 Å². The normalized spacial score (nSPS) is 11.6. The Morgan fingerprint density at radius 2 is 1.40 bits per heavy atom. The zero-order valence-electron chi connectivity index (χ0n) is 18.8. The van der Waals surface area contributed by atoms with Gasteiger partial charge in [-0.2, -0.15) is 12.7 Å². The molecule has 0 fully saturated rings. The van der Waals surface area contributed by atoms with Crippen LogP contribution in [0.15, 0.2) is 42.9 Å². The summed E-state index contributed by atoms with van der Waals surface area (Å²) in [6, 6.07) is 9.70. The smallest absolute Gasteiger partial charge is 0.379 e. The van der Waals surface area contributed by atoms with Gasteiger partial charge in [0.25, 0.3) is 6.33 Å². The van der Waals surface area contributed by atoms with E-state index in [2.05, 4.69) is 6.92 Å². The summed E-state index contributed by atoms with van der Waals surface area (Å²) >= 11 is 0. The molecule has 1 aromatic heterocycles. The molecule has 2 rings (SSSR count). The van der Waals surface area contributed by atoms with E-state index in [0.29, 0.717) is 5.69 Å². The SMILES string of the molecule is CCCCCCCCCCCC[n+]1cc(-c2ccccc2)n(S(=O)(=O)N(C)C)c1.[Cl-]. The monoisotopic (exact) mass is 455 g/mol. The third-order valence-corrected chi connectivity index (χ3v) is 7.04. The molecule has 0 unspecified atom stereocenters. The van der Waals surface area contributed by atoms with Crippen LogP contribution in [0.4, 0.5) is 0 Å². The summed E-state index contributed by atoms with van der Waals surface area (Å²) in [6.45, 7) is 3.09. The molecule has 5 nitrogen and oxygen atoms in total. The maximum absolute atomic E-state index is 12.8. The van der Waals surface area contributed by atoms with Gasteiger partial charge in [0.05, 0.1) is 6.54 Å². The summed E-state index contributed by atoms with van der Waals surface area (Å²) in [4.78, 5) is 0. The lowest BCUT2D eigenvalue weighted by atomic mass is 10.1. The fourth-order valence-corrected chi connectivity index (χ4v) is 4.51. The number of aromatic nitrogens is 2. The van der Waals surface area contributed by atoms with Crippen molar-refractivity contribution in [3.05, 3.63) is 42.9 Å². The second-order valence-corrected chi connectivity index (χ2v) is 10.0. The summed E-state index contributed by atoms with van der Waals surface area (Å²) in [7, 11) is -0.426. The Labute approximate surface area is 189 Å². The van der Waals surface area contributed by atoms with E-state index in [1.165, 1.54) is 66.1 Å². The maximum Gasteiger partial charge on any atom is 0.379 e. The fourth-order valence-electron chi connectivity index (χ4n) is 3.52. The van der Waals surface area contributed by atoms with E-state index in [1.54, 1.807) is 20.4 Å². The van der Waals surface area contributed by atoms with Gasteiger partial charge in [0.1, 0.15) is 6.20 Å². The minimum atomic E-state index is -3.56. The predicted molar refractivity (Wildman–Crippen MR) is 120 cm³/mol. The van der Waals surface area contributed by atoms with Crippen molar-refractivity contribution in [2.45, 2.75) is 77.7 Å². The van der Waals surface area contributed by atoms with Crippen molar-refractivity contribution in [3.8, 4) is 11.3 Å². The highest BCUT2D eigenvalue weighted by Gasteiger charge is 2.28. The van der Waals surface area contributed by atoms with Crippen LogP contribution in [0.25, 0.3) is 11.3 Å². The summed E-state index contributed by atoms with van der Waals surface area (Å²) < 4.78 is 30.2. The van der Waals surface area contributed by atoms with Gasteiger partial charge in [-0.05, 0) is 12.8 Å². The molecule has 0 saturated carbocycles. The number of benzene rings is 1. The Bertz CT molecular complexity index is 820. The van der Waals surface area contributed by atoms with Crippen LogP contribution in [-0.4, -0.2) is 30.8 Å². The Balaban J connectivity index is 0.00000450. The maximum atomic E-state index is 12.8. The second-order valence-electron chi connectivity index (χ2n) is 8.00. The molecule has 0 N–H and O–H groups in total. The molecule has 0 saturated heterocycles. The van der Waals surface area contributed by atoms with Gasteiger partial charge in [-0.3, -0.25) is 0 Å². The van der Waals surface area contributed by atoms with Gasteiger partial charge in [0, 0.05) is 19.7 Å². The molecular weight excluding hydrogens is 418 g/mol. The number of halogens is 1. The third kappa shape index (κ3) is 8.05. The molecule has 1 aromatic carbocycles. The minimum absolute atomic E-state index is 0. The van der Waals surface area contributed by atoms with E-state index < -0.39 is 10.2 Å². The first-order valence-corrected chi connectivity index (χ1v) is 12.5. The summed E-state index contributed by atoms with van der Waals surface area (Å²) in [6.07, 6.45) is 16.6. The highest BCUT2D eigenvalue weighted by Crippen LogP contribution is 2.20. The Hall–Kier alpha value is -1.37. The largest absolute Gasteiger partial charge is 1.00 e. The Kier molecular flexibility index (Phi) is 12.3. The van der Waals surface area contributed by atoms with Crippen molar-refractivity contribution in [2.24, 2.45) is 0 Å². The molecule has 0 amide bonds. The highest BCUT2D eigenvalue weighted by atomic mass is 35.5. The Morgan fingerprint density at radius 1 is 0.867 bits per heavy atom. The molecule has 0 bridgehead atoms. The van der Waals surface area contributed by atoms with Gasteiger partial charge < -0.3 is 12.4 Å². The average molecular weight is 456 g/mol. The molecule has 0 aliphatic heterocycles. The molecule has 7 heteroatoms. The van der Waals surface area contributed by atoms with Crippen molar-refractivity contribution in [1.29, 1.82) is 0 Å². The van der Waals surface area contributed by atoms with Crippen LogP contribution >= 0.6 is 0 Å². The molecule has 0 radical (unpaired) electrons. The van der Waals surface area contributed by atoms with Gasteiger partial charge in [-0.1, -0.05) is 88.6 Å². The predicted octanol–water partition coefficient (Wildman–Crippen LogP) is 2.02.